The van der Waals surface area contributed by atoms with Gasteiger partial charge >= 0.3 is 0 Å². The minimum absolute atomic E-state index is 0.220. The Balaban J connectivity index is 2.18. The first-order chi connectivity index (χ1) is 9.10. The predicted octanol–water partition coefficient (Wildman–Crippen LogP) is 4.64. The van der Waals surface area contributed by atoms with Crippen molar-refractivity contribution in [3.63, 3.8) is 0 Å². The molecule has 98 valence electrons. The summed E-state index contributed by atoms with van der Waals surface area (Å²) in [6.45, 7) is 0. The molecule has 0 aliphatic carbocycles. The number of benzene rings is 1. The van der Waals surface area contributed by atoms with Crippen LogP contribution in [0.4, 0.5) is 5.69 Å². The summed E-state index contributed by atoms with van der Waals surface area (Å²) in [4.78, 5) is 16.0. The van der Waals surface area contributed by atoms with Crippen LogP contribution < -0.4 is 5.32 Å². The quantitative estimate of drug-likeness (QED) is 0.598. The molecule has 1 heterocycles. The molecule has 3 nitrogen and oxygen atoms in total. The molecule has 0 spiro atoms. The van der Waals surface area contributed by atoms with E-state index in [0.717, 1.165) is 15.4 Å². The van der Waals surface area contributed by atoms with E-state index in [1.807, 2.05) is 12.1 Å². The standard InChI is InChI=1S/C13H9Br2ClN2O/c14-6-8-1-3-9(4-2-8)13(19)18-11-5-10(15)7-17-12(11)16/h1-5,7H,6H2,(H,18,19). The topological polar surface area (TPSA) is 42.0 Å². The lowest BCUT2D eigenvalue weighted by Crippen LogP contribution is -2.12. The van der Waals surface area contributed by atoms with Crippen molar-refractivity contribution in [2.24, 2.45) is 0 Å². The summed E-state index contributed by atoms with van der Waals surface area (Å²) in [6.07, 6.45) is 1.57. The molecule has 1 aromatic heterocycles. The summed E-state index contributed by atoms with van der Waals surface area (Å²) >= 11 is 12.6. The first kappa shape index (κ1) is 14.5. The fourth-order valence-electron chi connectivity index (χ4n) is 1.45. The summed E-state index contributed by atoms with van der Waals surface area (Å²) in [5.74, 6) is -0.220. The van der Waals surface area contributed by atoms with Gasteiger partial charge < -0.3 is 5.32 Å². The molecule has 1 amide bonds. The van der Waals surface area contributed by atoms with Crippen LogP contribution in [0.2, 0.25) is 5.15 Å². The monoisotopic (exact) mass is 402 g/mol. The number of hydrogen-bond acceptors (Lipinski definition) is 2. The molecule has 19 heavy (non-hydrogen) atoms. The van der Waals surface area contributed by atoms with Crippen LogP contribution in [0.5, 0.6) is 0 Å². The molecular weight excluding hydrogens is 395 g/mol. The second-order valence-corrected chi connectivity index (χ2v) is 5.61. The first-order valence-corrected chi connectivity index (χ1v) is 7.66. The summed E-state index contributed by atoms with van der Waals surface area (Å²) in [5, 5.41) is 3.75. The van der Waals surface area contributed by atoms with Gasteiger partial charge in [0.15, 0.2) is 5.15 Å². The van der Waals surface area contributed by atoms with Crippen LogP contribution in [0.25, 0.3) is 0 Å². The van der Waals surface area contributed by atoms with Crippen molar-refractivity contribution in [3.05, 3.63) is 57.3 Å². The molecule has 0 aliphatic rings. The molecule has 1 aromatic carbocycles. The Labute approximate surface area is 132 Å². The van der Waals surface area contributed by atoms with E-state index in [4.69, 9.17) is 11.6 Å². The van der Waals surface area contributed by atoms with Gasteiger partial charge in [0.25, 0.3) is 5.91 Å². The largest absolute Gasteiger partial charge is 0.319 e. The predicted molar refractivity (Wildman–Crippen MR) is 84.0 cm³/mol. The van der Waals surface area contributed by atoms with Crippen molar-refractivity contribution < 1.29 is 4.79 Å². The number of aromatic nitrogens is 1. The molecule has 1 N–H and O–H groups in total. The van der Waals surface area contributed by atoms with E-state index in [-0.39, 0.29) is 11.1 Å². The number of carbonyl (C=O) groups is 1. The van der Waals surface area contributed by atoms with Gasteiger partial charge in [-0.1, -0.05) is 39.7 Å². The third-order valence-electron chi connectivity index (χ3n) is 2.42. The average Bonchev–Trinajstić information content (AvgIpc) is 2.43. The maximum absolute atomic E-state index is 12.1. The van der Waals surface area contributed by atoms with Crippen LogP contribution >= 0.6 is 43.5 Å². The second kappa shape index (κ2) is 6.50. The zero-order valence-electron chi connectivity index (χ0n) is 9.66. The molecule has 0 bridgehead atoms. The fourth-order valence-corrected chi connectivity index (χ4v) is 2.31. The third kappa shape index (κ3) is 3.78. The molecule has 0 saturated carbocycles. The minimum atomic E-state index is -0.220. The molecule has 2 aromatic rings. The number of anilines is 1. The number of pyridine rings is 1. The molecule has 0 radical (unpaired) electrons. The fraction of sp³-hybridized carbons (Fsp3) is 0.0769. The Morgan fingerprint density at radius 1 is 1.32 bits per heavy atom. The number of amides is 1. The van der Waals surface area contributed by atoms with Crippen LogP contribution in [0.15, 0.2) is 41.0 Å². The Morgan fingerprint density at radius 3 is 2.63 bits per heavy atom. The highest BCUT2D eigenvalue weighted by Crippen LogP contribution is 2.23. The molecule has 0 saturated heterocycles. The van der Waals surface area contributed by atoms with Crippen molar-refractivity contribution in [2.75, 3.05) is 5.32 Å². The number of rotatable bonds is 3. The highest BCUT2D eigenvalue weighted by molar-refractivity contribution is 9.10. The molecule has 0 unspecified atom stereocenters. The van der Waals surface area contributed by atoms with Gasteiger partial charge in [-0.05, 0) is 39.7 Å². The molecule has 0 fully saturated rings. The van der Waals surface area contributed by atoms with E-state index >= 15 is 0 Å². The van der Waals surface area contributed by atoms with Gasteiger partial charge in [0.2, 0.25) is 0 Å². The number of carbonyl (C=O) groups excluding carboxylic acids is 1. The van der Waals surface area contributed by atoms with E-state index in [1.165, 1.54) is 0 Å². The SMILES string of the molecule is O=C(Nc1cc(Br)cnc1Cl)c1ccc(CBr)cc1. The lowest BCUT2D eigenvalue weighted by molar-refractivity contribution is 0.102. The lowest BCUT2D eigenvalue weighted by atomic mass is 10.1. The van der Waals surface area contributed by atoms with Crippen LogP contribution in [0.3, 0.4) is 0 Å². The molecule has 6 heteroatoms. The van der Waals surface area contributed by atoms with E-state index in [2.05, 4.69) is 42.2 Å². The normalized spacial score (nSPS) is 10.3. The first-order valence-electron chi connectivity index (χ1n) is 5.37. The maximum atomic E-state index is 12.1. The average molecular weight is 404 g/mol. The van der Waals surface area contributed by atoms with E-state index in [0.29, 0.717) is 11.3 Å². The van der Waals surface area contributed by atoms with Crippen LogP contribution in [0, 0.1) is 0 Å². The van der Waals surface area contributed by atoms with Crippen LogP contribution in [-0.2, 0) is 5.33 Å². The van der Waals surface area contributed by atoms with Crippen molar-refractivity contribution in [1.29, 1.82) is 0 Å². The molecule has 2 rings (SSSR count). The van der Waals surface area contributed by atoms with E-state index < -0.39 is 0 Å². The Morgan fingerprint density at radius 2 is 2.00 bits per heavy atom. The zero-order chi connectivity index (χ0) is 13.8. The van der Waals surface area contributed by atoms with Gasteiger partial charge in [0.1, 0.15) is 0 Å². The van der Waals surface area contributed by atoms with Gasteiger partial charge in [0.05, 0.1) is 5.69 Å². The van der Waals surface area contributed by atoms with Gasteiger partial charge in [-0.15, -0.1) is 0 Å². The Hall–Kier alpha value is -0.910. The van der Waals surface area contributed by atoms with Crippen LogP contribution in [0.1, 0.15) is 15.9 Å². The summed E-state index contributed by atoms with van der Waals surface area (Å²) < 4.78 is 0.752. The molecular formula is C13H9Br2ClN2O. The molecule has 0 atom stereocenters. The number of halogens is 3. The van der Waals surface area contributed by atoms with Crippen molar-refractivity contribution in [2.45, 2.75) is 5.33 Å². The number of alkyl halides is 1. The van der Waals surface area contributed by atoms with Crippen LogP contribution in [-0.4, -0.2) is 10.9 Å². The minimum Gasteiger partial charge on any atom is -0.319 e. The lowest BCUT2D eigenvalue weighted by Gasteiger charge is -2.07. The second-order valence-electron chi connectivity index (χ2n) is 3.78. The highest BCUT2D eigenvalue weighted by atomic mass is 79.9. The summed E-state index contributed by atoms with van der Waals surface area (Å²) in [7, 11) is 0. The number of nitrogens with zero attached hydrogens (tertiary/aromatic N) is 1. The van der Waals surface area contributed by atoms with Gasteiger partial charge in [-0.3, -0.25) is 4.79 Å². The van der Waals surface area contributed by atoms with Gasteiger partial charge in [-0.25, -0.2) is 4.98 Å². The zero-order valence-corrected chi connectivity index (χ0v) is 13.6. The Kier molecular flexibility index (Phi) is 4.96. The number of nitrogens with one attached hydrogen (secondary N) is 1. The number of hydrogen-bond donors (Lipinski definition) is 1. The van der Waals surface area contributed by atoms with Crippen molar-refractivity contribution >= 4 is 55.1 Å². The van der Waals surface area contributed by atoms with Crippen molar-refractivity contribution in [3.8, 4) is 0 Å². The van der Waals surface area contributed by atoms with Crippen molar-refractivity contribution in [1.82, 2.24) is 4.98 Å². The summed E-state index contributed by atoms with van der Waals surface area (Å²) in [6, 6.07) is 9.03. The maximum Gasteiger partial charge on any atom is 0.255 e. The van der Waals surface area contributed by atoms with Gasteiger partial charge in [-0.2, -0.15) is 0 Å². The Bertz CT molecular complexity index is 602. The smallest absolute Gasteiger partial charge is 0.255 e. The highest BCUT2D eigenvalue weighted by Gasteiger charge is 2.09. The van der Waals surface area contributed by atoms with E-state index in [1.54, 1.807) is 24.4 Å². The van der Waals surface area contributed by atoms with Gasteiger partial charge in [0, 0.05) is 21.6 Å². The third-order valence-corrected chi connectivity index (χ3v) is 3.81. The summed E-state index contributed by atoms with van der Waals surface area (Å²) in [5.41, 5.74) is 2.16. The molecule has 0 aliphatic heterocycles. The van der Waals surface area contributed by atoms with E-state index in [9.17, 15) is 4.79 Å².